The molecular weight excluding hydrogens is 278 g/mol. The third-order valence-corrected chi connectivity index (χ3v) is 6.61. The molecule has 1 saturated heterocycles. The minimum absolute atomic E-state index is 0.0495. The molecule has 0 aromatic carbocycles. The highest BCUT2D eigenvalue weighted by Gasteiger charge is 2.38. The van der Waals surface area contributed by atoms with Gasteiger partial charge in [0.05, 0.1) is 23.7 Å². The number of sulfone groups is 1. The topological polar surface area (TPSA) is 64.6 Å². The second-order valence-corrected chi connectivity index (χ2v) is 9.52. The van der Waals surface area contributed by atoms with Gasteiger partial charge in [-0.15, -0.1) is 0 Å². The van der Waals surface area contributed by atoms with Crippen molar-refractivity contribution in [1.29, 1.82) is 0 Å². The van der Waals surface area contributed by atoms with Gasteiger partial charge < -0.3 is 14.8 Å². The van der Waals surface area contributed by atoms with Crippen LogP contribution >= 0.6 is 0 Å². The van der Waals surface area contributed by atoms with E-state index in [1.165, 1.54) is 0 Å². The smallest absolute Gasteiger partial charge is 0.155 e. The van der Waals surface area contributed by atoms with Crippen molar-refractivity contribution < 1.29 is 17.9 Å². The average molecular weight is 307 g/mol. The number of nitrogens with one attached hydrogen (secondary N) is 1. The Kier molecular flexibility index (Phi) is 6.44. The standard InChI is InChI=1S/C14H29NO4S/c1-13(2,3)20(16,17)10-6-14(5-8-19-12-14)11-15-7-9-18-4/h15H,5-12H2,1-4H3. The Balaban J connectivity index is 2.55. The molecule has 120 valence electrons. The highest BCUT2D eigenvalue weighted by molar-refractivity contribution is 7.92. The summed E-state index contributed by atoms with van der Waals surface area (Å²) in [6, 6.07) is 0. The molecule has 0 saturated carbocycles. The van der Waals surface area contributed by atoms with Gasteiger partial charge in [-0.25, -0.2) is 8.42 Å². The van der Waals surface area contributed by atoms with Gasteiger partial charge in [-0.2, -0.15) is 0 Å². The maximum Gasteiger partial charge on any atom is 0.155 e. The number of hydrogen-bond acceptors (Lipinski definition) is 5. The molecule has 20 heavy (non-hydrogen) atoms. The van der Waals surface area contributed by atoms with Gasteiger partial charge in [0.2, 0.25) is 0 Å². The van der Waals surface area contributed by atoms with E-state index in [0.717, 1.165) is 26.1 Å². The highest BCUT2D eigenvalue weighted by atomic mass is 32.2. The molecule has 1 heterocycles. The van der Waals surface area contributed by atoms with Crippen LogP contribution in [0.4, 0.5) is 0 Å². The summed E-state index contributed by atoms with van der Waals surface area (Å²) in [4.78, 5) is 0. The Morgan fingerprint density at radius 2 is 2.05 bits per heavy atom. The van der Waals surface area contributed by atoms with Crippen LogP contribution in [0.5, 0.6) is 0 Å². The van der Waals surface area contributed by atoms with Crippen LogP contribution in [0, 0.1) is 5.41 Å². The fourth-order valence-electron chi connectivity index (χ4n) is 2.26. The van der Waals surface area contributed by atoms with Gasteiger partial charge in [0.1, 0.15) is 0 Å². The summed E-state index contributed by atoms with van der Waals surface area (Å²) >= 11 is 0. The molecule has 0 spiro atoms. The molecule has 0 aromatic heterocycles. The summed E-state index contributed by atoms with van der Waals surface area (Å²) < 4.78 is 34.3. The third kappa shape index (κ3) is 4.98. The van der Waals surface area contributed by atoms with Crippen molar-refractivity contribution in [3.8, 4) is 0 Å². The minimum atomic E-state index is -3.07. The van der Waals surface area contributed by atoms with Crippen LogP contribution in [0.25, 0.3) is 0 Å². The molecule has 5 nitrogen and oxygen atoms in total. The normalized spacial score (nSPS) is 24.2. The summed E-state index contributed by atoms with van der Waals surface area (Å²) in [5.41, 5.74) is -0.0495. The summed E-state index contributed by atoms with van der Waals surface area (Å²) in [6.07, 6.45) is 1.58. The van der Waals surface area contributed by atoms with Crippen molar-refractivity contribution in [2.75, 3.05) is 45.8 Å². The molecule has 0 bridgehead atoms. The Labute approximate surface area is 123 Å². The Bertz CT molecular complexity index is 380. The summed E-state index contributed by atoms with van der Waals surface area (Å²) in [5.74, 6) is 0.228. The molecule has 0 amide bonds. The maximum absolute atomic E-state index is 12.2. The molecule has 1 atom stereocenters. The van der Waals surface area contributed by atoms with E-state index in [0.29, 0.717) is 19.6 Å². The molecular formula is C14H29NO4S. The fourth-order valence-corrected chi connectivity index (χ4v) is 3.57. The second kappa shape index (κ2) is 7.20. The molecule has 1 rings (SSSR count). The first kappa shape index (κ1) is 17.9. The van der Waals surface area contributed by atoms with Gasteiger partial charge >= 0.3 is 0 Å². The van der Waals surface area contributed by atoms with E-state index in [9.17, 15) is 8.42 Å². The van der Waals surface area contributed by atoms with Crippen molar-refractivity contribution in [3.05, 3.63) is 0 Å². The minimum Gasteiger partial charge on any atom is -0.383 e. The van der Waals surface area contributed by atoms with E-state index < -0.39 is 14.6 Å². The molecule has 1 unspecified atom stereocenters. The van der Waals surface area contributed by atoms with E-state index in [2.05, 4.69) is 5.32 Å². The quantitative estimate of drug-likeness (QED) is 0.683. The largest absolute Gasteiger partial charge is 0.383 e. The molecule has 1 aliphatic rings. The number of methoxy groups -OCH3 is 1. The molecule has 1 aliphatic heterocycles. The van der Waals surface area contributed by atoms with Gasteiger partial charge in [0.15, 0.2) is 9.84 Å². The van der Waals surface area contributed by atoms with Crippen molar-refractivity contribution in [3.63, 3.8) is 0 Å². The van der Waals surface area contributed by atoms with Crippen LogP contribution in [0.1, 0.15) is 33.6 Å². The van der Waals surface area contributed by atoms with Crippen molar-refractivity contribution in [1.82, 2.24) is 5.32 Å². The van der Waals surface area contributed by atoms with Crippen molar-refractivity contribution >= 4 is 9.84 Å². The van der Waals surface area contributed by atoms with E-state index in [-0.39, 0.29) is 11.2 Å². The predicted molar refractivity (Wildman–Crippen MR) is 80.8 cm³/mol. The lowest BCUT2D eigenvalue weighted by Crippen LogP contribution is -2.39. The number of hydrogen-bond donors (Lipinski definition) is 1. The Hall–Kier alpha value is -0.170. The van der Waals surface area contributed by atoms with Crippen LogP contribution in [0.3, 0.4) is 0 Å². The van der Waals surface area contributed by atoms with Crippen LogP contribution in [0.15, 0.2) is 0 Å². The summed E-state index contributed by atoms with van der Waals surface area (Å²) in [5, 5.41) is 3.34. The van der Waals surface area contributed by atoms with E-state index in [1.54, 1.807) is 27.9 Å². The second-order valence-electron chi connectivity index (χ2n) is 6.65. The zero-order chi connectivity index (χ0) is 15.3. The Morgan fingerprint density at radius 1 is 1.35 bits per heavy atom. The lowest BCUT2D eigenvalue weighted by Gasteiger charge is -2.29. The van der Waals surface area contributed by atoms with Crippen molar-refractivity contribution in [2.24, 2.45) is 5.41 Å². The first-order valence-corrected chi connectivity index (χ1v) is 8.87. The van der Waals surface area contributed by atoms with E-state index in [4.69, 9.17) is 9.47 Å². The van der Waals surface area contributed by atoms with E-state index in [1.807, 2.05) is 0 Å². The average Bonchev–Trinajstić information content (AvgIpc) is 2.81. The van der Waals surface area contributed by atoms with Crippen LogP contribution in [-0.4, -0.2) is 58.9 Å². The van der Waals surface area contributed by atoms with Crippen molar-refractivity contribution in [2.45, 2.75) is 38.4 Å². The van der Waals surface area contributed by atoms with Crippen LogP contribution in [-0.2, 0) is 19.3 Å². The van der Waals surface area contributed by atoms with Gasteiger partial charge in [-0.1, -0.05) is 0 Å². The maximum atomic E-state index is 12.2. The molecule has 0 aliphatic carbocycles. The van der Waals surface area contributed by atoms with E-state index >= 15 is 0 Å². The van der Waals surface area contributed by atoms with Crippen LogP contribution in [0.2, 0.25) is 0 Å². The molecule has 0 radical (unpaired) electrons. The zero-order valence-corrected chi connectivity index (χ0v) is 14.0. The number of ether oxygens (including phenoxy) is 2. The third-order valence-electron chi connectivity index (χ3n) is 4.00. The first-order valence-electron chi connectivity index (χ1n) is 7.22. The predicted octanol–water partition coefficient (Wildman–Crippen LogP) is 1.23. The van der Waals surface area contributed by atoms with Crippen LogP contribution < -0.4 is 5.32 Å². The Morgan fingerprint density at radius 3 is 2.55 bits per heavy atom. The fraction of sp³-hybridized carbons (Fsp3) is 1.00. The first-order chi connectivity index (χ1) is 9.22. The lowest BCUT2D eigenvalue weighted by molar-refractivity contribution is 0.143. The molecule has 6 heteroatoms. The molecule has 1 fully saturated rings. The highest BCUT2D eigenvalue weighted by Crippen LogP contribution is 2.33. The van der Waals surface area contributed by atoms with Gasteiger partial charge in [0, 0.05) is 32.2 Å². The number of rotatable bonds is 8. The van der Waals surface area contributed by atoms with Gasteiger partial charge in [-0.05, 0) is 33.6 Å². The SMILES string of the molecule is COCCNCC1(CCS(=O)(=O)C(C)(C)C)CCOC1. The summed E-state index contributed by atoms with van der Waals surface area (Å²) in [6.45, 7) is 8.89. The van der Waals surface area contributed by atoms with Gasteiger partial charge in [0.25, 0.3) is 0 Å². The summed E-state index contributed by atoms with van der Waals surface area (Å²) in [7, 11) is -1.39. The van der Waals surface area contributed by atoms with Gasteiger partial charge in [-0.3, -0.25) is 0 Å². The molecule has 1 N–H and O–H groups in total. The lowest BCUT2D eigenvalue weighted by atomic mass is 9.84. The molecule has 0 aromatic rings. The monoisotopic (exact) mass is 307 g/mol. The zero-order valence-electron chi connectivity index (χ0n) is 13.2.